The van der Waals surface area contributed by atoms with Crippen LogP contribution in [0.1, 0.15) is 12.8 Å². The van der Waals surface area contributed by atoms with Crippen LogP contribution in [0, 0.1) is 0 Å². The van der Waals surface area contributed by atoms with Gasteiger partial charge in [-0.3, -0.25) is 4.79 Å². The zero-order chi connectivity index (χ0) is 16.0. The van der Waals surface area contributed by atoms with E-state index in [0.717, 1.165) is 0 Å². The Labute approximate surface area is 129 Å². The Bertz CT molecular complexity index is 544. The second-order valence-corrected chi connectivity index (χ2v) is 4.83. The van der Waals surface area contributed by atoms with Gasteiger partial charge in [-0.15, -0.1) is 0 Å². The molecule has 2 amide bonds. The maximum atomic E-state index is 11.7. The number of nitrogens with one attached hydrogen (secondary N) is 2. The molecular formula is C12H12Cl2N2O5. The SMILES string of the molecule is O=C(O)CCC(NC(=O)Nc1c(Cl)cccc1Cl)C(=O)O. The number of carboxylic acid groups (broad SMARTS) is 2. The summed E-state index contributed by atoms with van der Waals surface area (Å²) in [6.45, 7) is 0. The van der Waals surface area contributed by atoms with E-state index in [4.69, 9.17) is 33.4 Å². The van der Waals surface area contributed by atoms with Crippen LogP contribution in [0.2, 0.25) is 10.0 Å². The van der Waals surface area contributed by atoms with E-state index < -0.39 is 24.0 Å². The summed E-state index contributed by atoms with van der Waals surface area (Å²) in [5.74, 6) is -2.49. The second-order valence-electron chi connectivity index (χ2n) is 4.02. The van der Waals surface area contributed by atoms with Crippen LogP contribution in [0.15, 0.2) is 18.2 Å². The molecule has 1 unspecified atom stereocenters. The monoisotopic (exact) mass is 334 g/mol. The third-order valence-electron chi connectivity index (χ3n) is 2.45. The molecule has 9 heteroatoms. The lowest BCUT2D eigenvalue weighted by atomic mass is 10.1. The van der Waals surface area contributed by atoms with Gasteiger partial charge in [-0.25, -0.2) is 9.59 Å². The van der Waals surface area contributed by atoms with Crippen molar-refractivity contribution in [2.75, 3.05) is 5.32 Å². The summed E-state index contributed by atoms with van der Waals surface area (Å²) in [5, 5.41) is 22.3. The van der Waals surface area contributed by atoms with E-state index in [-0.39, 0.29) is 28.6 Å². The Balaban J connectivity index is 2.70. The average Bonchev–Trinajstić information content (AvgIpc) is 2.38. The van der Waals surface area contributed by atoms with Gasteiger partial charge in [0, 0.05) is 6.42 Å². The minimum Gasteiger partial charge on any atom is -0.481 e. The zero-order valence-corrected chi connectivity index (χ0v) is 12.1. The highest BCUT2D eigenvalue weighted by molar-refractivity contribution is 6.39. The van der Waals surface area contributed by atoms with Gasteiger partial charge in [0.1, 0.15) is 6.04 Å². The number of carbonyl (C=O) groups is 3. The molecule has 0 saturated heterocycles. The topological polar surface area (TPSA) is 116 Å². The molecule has 114 valence electrons. The first-order chi connectivity index (χ1) is 9.81. The fourth-order valence-corrected chi connectivity index (χ4v) is 1.94. The normalized spacial score (nSPS) is 11.5. The second kappa shape index (κ2) is 7.70. The third-order valence-corrected chi connectivity index (χ3v) is 3.08. The van der Waals surface area contributed by atoms with E-state index in [2.05, 4.69) is 10.6 Å². The van der Waals surface area contributed by atoms with Crippen LogP contribution in [0.5, 0.6) is 0 Å². The Morgan fingerprint density at radius 3 is 2.19 bits per heavy atom. The molecule has 0 aromatic heterocycles. The van der Waals surface area contributed by atoms with Crippen molar-refractivity contribution in [1.82, 2.24) is 5.32 Å². The van der Waals surface area contributed by atoms with Gasteiger partial charge in [0.2, 0.25) is 0 Å². The van der Waals surface area contributed by atoms with E-state index >= 15 is 0 Å². The quantitative estimate of drug-likeness (QED) is 0.637. The Morgan fingerprint density at radius 2 is 1.71 bits per heavy atom. The molecule has 1 rings (SSSR count). The maximum Gasteiger partial charge on any atom is 0.326 e. The summed E-state index contributed by atoms with van der Waals surface area (Å²) in [7, 11) is 0. The molecule has 21 heavy (non-hydrogen) atoms. The number of carbonyl (C=O) groups excluding carboxylic acids is 1. The van der Waals surface area contributed by atoms with Crippen LogP contribution < -0.4 is 10.6 Å². The van der Waals surface area contributed by atoms with E-state index in [1.807, 2.05) is 0 Å². The van der Waals surface area contributed by atoms with Gasteiger partial charge in [0.15, 0.2) is 0 Å². The van der Waals surface area contributed by atoms with Crippen molar-refractivity contribution in [2.45, 2.75) is 18.9 Å². The molecule has 1 aromatic rings. The number of benzene rings is 1. The van der Waals surface area contributed by atoms with Gasteiger partial charge < -0.3 is 20.8 Å². The number of hydrogen-bond donors (Lipinski definition) is 4. The molecule has 0 heterocycles. The van der Waals surface area contributed by atoms with Crippen LogP contribution >= 0.6 is 23.2 Å². The van der Waals surface area contributed by atoms with Crippen LogP contribution in [0.3, 0.4) is 0 Å². The van der Waals surface area contributed by atoms with E-state index in [0.29, 0.717) is 0 Å². The predicted molar refractivity (Wildman–Crippen MR) is 76.9 cm³/mol. The lowest BCUT2D eigenvalue weighted by molar-refractivity contribution is -0.140. The van der Waals surface area contributed by atoms with Crippen molar-refractivity contribution >= 4 is 46.9 Å². The summed E-state index contributed by atoms with van der Waals surface area (Å²) >= 11 is 11.7. The largest absolute Gasteiger partial charge is 0.481 e. The number of aliphatic carboxylic acids is 2. The zero-order valence-electron chi connectivity index (χ0n) is 10.6. The molecule has 1 aromatic carbocycles. The van der Waals surface area contributed by atoms with E-state index in [9.17, 15) is 14.4 Å². The smallest absolute Gasteiger partial charge is 0.326 e. The number of hydrogen-bond acceptors (Lipinski definition) is 3. The van der Waals surface area contributed by atoms with E-state index in [1.54, 1.807) is 6.07 Å². The molecule has 0 bridgehead atoms. The molecule has 0 aliphatic carbocycles. The molecule has 0 aliphatic rings. The average molecular weight is 335 g/mol. The molecule has 0 radical (unpaired) electrons. The summed E-state index contributed by atoms with van der Waals surface area (Å²) in [6.07, 6.45) is -0.627. The minimum absolute atomic E-state index is 0.140. The fraction of sp³-hybridized carbons (Fsp3) is 0.250. The molecule has 7 nitrogen and oxygen atoms in total. The van der Waals surface area contributed by atoms with Crippen molar-refractivity contribution in [3.63, 3.8) is 0 Å². The van der Waals surface area contributed by atoms with Crippen LogP contribution in [-0.2, 0) is 9.59 Å². The Morgan fingerprint density at radius 1 is 1.14 bits per heavy atom. The van der Waals surface area contributed by atoms with Crippen LogP contribution in [0.4, 0.5) is 10.5 Å². The lowest BCUT2D eigenvalue weighted by Crippen LogP contribution is -2.43. The fourth-order valence-electron chi connectivity index (χ4n) is 1.45. The summed E-state index contributed by atoms with van der Waals surface area (Å²) < 4.78 is 0. The first-order valence-electron chi connectivity index (χ1n) is 5.77. The number of amides is 2. The number of urea groups is 1. The van der Waals surface area contributed by atoms with Crippen LogP contribution in [-0.4, -0.2) is 34.2 Å². The molecule has 0 saturated carbocycles. The molecule has 4 N–H and O–H groups in total. The lowest BCUT2D eigenvalue weighted by Gasteiger charge is -2.15. The number of rotatable bonds is 6. The summed E-state index contributed by atoms with van der Waals surface area (Å²) in [5.41, 5.74) is 0.140. The van der Waals surface area contributed by atoms with Gasteiger partial charge in [0.25, 0.3) is 0 Å². The first kappa shape index (κ1) is 17.1. The minimum atomic E-state index is -1.34. The Kier molecular flexibility index (Phi) is 6.26. The van der Waals surface area contributed by atoms with Crippen molar-refractivity contribution in [2.24, 2.45) is 0 Å². The van der Waals surface area contributed by atoms with Gasteiger partial charge in [0.05, 0.1) is 15.7 Å². The van der Waals surface area contributed by atoms with Gasteiger partial charge in [-0.05, 0) is 18.6 Å². The number of anilines is 1. The van der Waals surface area contributed by atoms with E-state index in [1.165, 1.54) is 12.1 Å². The number of carboxylic acids is 2. The summed E-state index contributed by atoms with van der Waals surface area (Å²) in [6, 6.07) is 2.41. The number of para-hydroxylation sites is 1. The number of halogens is 2. The highest BCUT2D eigenvalue weighted by Crippen LogP contribution is 2.29. The van der Waals surface area contributed by atoms with Gasteiger partial charge in [-0.1, -0.05) is 29.3 Å². The van der Waals surface area contributed by atoms with Crippen molar-refractivity contribution in [1.29, 1.82) is 0 Å². The molecule has 0 aliphatic heterocycles. The molecule has 0 spiro atoms. The van der Waals surface area contributed by atoms with Crippen LogP contribution in [0.25, 0.3) is 0 Å². The van der Waals surface area contributed by atoms with Crippen molar-refractivity contribution in [3.8, 4) is 0 Å². The molecular weight excluding hydrogens is 323 g/mol. The van der Waals surface area contributed by atoms with Gasteiger partial charge in [-0.2, -0.15) is 0 Å². The predicted octanol–water partition coefficient (Wildman–Crippen LogP) is 2.43. The molecule has 0 fully saturated rings. The van der Waals surface area contributed by atoms with Crippen molar-refractivity contribution in [3.05, 3.63) is 28.2 Å². The molecule has 1 atom stereocenters. The summed E-state index contributed by atoms with van der Waals surface area (Å²) in [4.78, 5) is 33.1. The highest BCUT2D eigenvalue weighted by Gasteiger charge is 2.21. The highest BCUT2D eigenvalue weighted by atomic mass is 35.5. The maximum absolute atomic E-state index is 11.7. The van der Waals surface area contributed by atoms with Crippen molar-refractivity contribution < 1.29 is 24.6 Å². The first-order valence-corrected chi connectivity index (χ1v) is 6.53. The Hall–Kier alpha value is -1.99. The third kappa shape index (κ3) is 5.49. The van der Waals surface area contributed by atoms with Gasteiger partial charge >= 0.3 is 18.0 Å². The standard InChI is InChI=1S/C12H12Cl2N2O5/c13-6-2-1-3-7(14)10(6)16-12(21)15-8(11(19)20)4-5-9(17)18/h1-3,8H,4-5H2,(H,17,18)(H,19,20)(H2,15,16,21).